The third-order valence-corrected chi connectivity index (χ3v) is 2.51. The highest BCUT2D eigenvalue weighted by molar-refractivity contribution is 6.03. The second-order valence-corrected chi connectivity index (χ2v) is 4.19. The van der Waals surface area contributed by atoms with Crippen molar-refractivity contribution in [3.8, 4) is 0 Å². The Morgan fingerprint density at radius 2 is 1.70 bits per heavy atom. The molecule has 1 aromatic carbocycles. The SMILES string of the molecule is Cc1cccc(C(=O)Nc2cccc(NC(N)=O)c2)n1. The number of anilines is 2. The van der Waals surface area contributed by atoms with Gasteiger partial charge in [-0.25, -0.2) is 9.78 Å². The summed E-state index contributed by atoms with van der Waals surface area (Å²) in [5.74, 6) is -0.315. The van der Waals surface area contributed by atoms with E-state index in [1.807, 2.05) is 13.0 Å². The predicted octanol–water partition coefficient (Wildman–Crippen LogP) is 2.13. The summed E-state index contributed by atoms with van der Waals surface area (Å²) >= 11 is 0. The van der Waals surface area contributed by atoms with Crippen molar-refractivity contribution in [2.75, 3.05) is 10.6 Å². The molecule has 0 aliphatic rings. The Balaban J connectivity index is 2.13. The molecule has 3 amide bonds. The Morgan fingerprint density at radius 3 is 2.35 bits per heavy atom. The monoisotopic (exact) mass is 270 g/mol. The fraction of sp³-hybridized carbons (Fsp3) is 0.0714. The minimum absolute atomic E-state index is 0.315. The molecule has 102 valence electrons. The molecule has 0 saturated carbocycles. The zero-order valence-corrected chi connectivity index (χ0v) is 10.9. The van der Waals surface area contributed by atoms with Gasteiger partial charge in [0.15, 0.2) is 0 Å². The molecule has 0 aliphatic carbocycles. The van der Waals surface area contributed by atoms with Crippen molar-refractivity contribution < 1.29 is 9.59 Å². The lowest BCUT2D eigenvalue weighted by Crippen LogP contribution is -2.19. The van der Waals surface area contributed by atoms with Crippen LogP contribution in [0, 0.1) is 6.92 Å². The van der Waals surface area contributed by atoms with Gasteiger partial charge in [-0.2, -0.15) is 0 Å². The molecule has 0 radical (unpaired) electrons. The maximum Gasteiger partial charge on any atom is 0.316 e. The van der Waals surface area contributed by atoms with Crippen LogP contribution in [0.4, 0.5) is 16.2 Å². The average Bonchev–Trinajstić information content (AvgIpc) is 2.38. The molecule has 2 rings (SSSR count). The van der Waals surface area contributed by atoms with E-state index in [2.05, 4.69) is 15.6 Å². The topological polar surface area (TPSA) is 97.1 Å². The second-order valence-electron chi connectivity index (χ2n) is 4.19. The molecule has 0 saturated heterocycles. The Labute approximate surface area is 116 Å². The lowest BCUT2D eigenvalue weighted by Gasteiger charge is -2.07. The lowest BCUT2D eigenvalue weighted by atomic mass is 10.2. The number of nitrogens with zero attached hydrogens (tertiary/aromatic N) is 1. The normalized spacial score (nSPS) is 9.85. The standard InChI is InChI=1S/C14H14N4O2/c1-9-4-2-7-12(16-9)13(19)17-10-5-3-6-11(8-10)18-14(15)20/h2-8H,1H3,(H,17,19)(H3,15,18,20). The zero-order chi connectivity index (χ0) is 14.5. The van der Waals surface area contributed by atoms with Crippen LogP contribution in [-0.2, 0) is 0 Å². The van der Waals surface area contributed by atoms with E-state index in [1.165, 1.54) is 0 Å². The summed E-state index contributed by atoms with van der Waals surface area (Å²) in [6.07, 6.45) is 0. The predicted molar refractivity (Wildman–Crippen MR) is 76.6 cm³/mol. The quantitative estimate of drug-likeness (QED) is 0.797. The van der Waals surface area contributed by atoms with Gasteiger partial charge in [0.2, 0.25) is 0 Å². The molecule has 1 aromatic heterocycles. The Kier molecular flexibility index (Phi) is 3.95. The molecule has 0 spiro atoms. The van der Waals surface area contributed by atoms with Crippen LogP contribution in [0.1, 0.15) is 16.2 Å². The third kappa shape index (κ3) is 3.55. The van der Waals surface area contributed by atoms with Crippen molar-refractivity contribution in [1.29, 1.82) is 0 Å². The highest BCUT2D eigenvalue weighted by atomic mass is 16.2. The highest BCUT2D eigenvalue weighted by Crippen LogP contribution is 2.15. The van der Waals surface area contributed by atoms with E-state index < -0.39 is 6.03 Å². The molecule has 20 heavy (non-hydrogen) atoms. The largest absolute Gasteiger partial charge is 0.351 e. The van der Waals surface area contributed by atoms with Crippen LogP contribution in [0.2, 0.25) is 0 Å². The molecule has 4 N–H and O–H groups in total. The van der Waals surface area contributed by atoms with Gasteiger partial charge >= 0.3 is 6.03 Å². The van der Waals surface area contributed by atoms with Crippen molar-refractivity contribution >= 4 is 23.3 Å². The van der Waals surface area contributed by atoms with Gasteiger partial charge in [0.25, 0.3) is 5.91 Å². The number of primary amides is 1. The van der Waals surface area contributed by atoms with Crippen LogP contribution in [0.5, 0.6) is 0 Å². The van der Waals surface area contributed by atoms with Gasteiger partial charge in [0, 0.05) is 17.1 Å². The Bertz CT molecular complexity index is 655. The number of nitrogens with one attached hydrogen (secondary N) is 2. The van der Waals surface area contributed by atoms with Crippen molar-refractivity contribution in [2.45, 2.75) is 6.92 Å². The first kappa shape index (κ1) is 13.5. The highest BCUT2D eigenvalue weighted by Gasteiger charge is 2.08. The molecular weight excluding hydrogens is 256 g/mol. The van der Waals surface area contributed by atoms with Crippen LogP contribution in [-0.4, -0.2) is 16.9 Å². The number of amides is 3. The van der Waals surface area contributed by atoms with E-state index in [0.29, 0.717) is 17.1 Å². The van der Waals surface area contributed by atoms with Crippen LogP contribution in [0.25, 0.3) is 0 Å². The molecule has 0 fully saturated rings. The number of aromatic nitrogens is 1. The van der Waals surface area contributed by atoms with Crippen LogP contribution in [0.3, 0.4) is 0 Å². The molecule has 0 bridgehead atoms. The Morgan fingerprint density at radius 1 is 1.05 bits per heavy atom. The third-order valence-electron chi connectivity index (χ3n) is 2.51. The van der Waals surface area contributed by atoms with Gasteiger partial charge in [-0.05, 0) is 37.3 Å². The molecule has 0 unspecified atom stereocenters. The van der Waals surface area contributed by atoms with E-state index >= 15 is 0 Å². The van der Waals surface area contributed by atoms with E-state index in [9.17, 15) is 9.59 Å². The van der Waals surface area contributed by atoms with Gasteiger partial charge in [-0.15, -0.1) is 0 Å². The van der Waals surface area contributed by atoms with E-state index in [0.717, 1.165) is 5.69 Å². The van der Waals surface area contributed by atoms with Gasteiger partial charge in [0.05, 0.1) is 0 Å². The number of carbonyl (C=O) groups excluding carboxylic acids is 2. The van der Waals surface area contributed by atoms with E-state index in [4.69, 9.17) is 5.73 Å². The van der Waals surface area contributed by atoms with Crippen molar-refractivity contribution in [2.24, 2.45) is 5.73 Å². The average molecular weight is 270 g/mol. The summed E-state index contributed by atoms with van der Waals surface area (Å²) in [6.45, 7) is 1.81. The molecular formula is C14H14N4O2. The van der Waals surface area contributed by atoms with Gasteiger partial charge in [0.1, 0.15) is 5.69 Å². The number of carbonyl (C=O) groups is 2. The maximum absolute atomic E-state index is 12.0. The summed E-state index contributed by atoms with van der Waals surface area (Å²) in [5.41, 5.74) is 7.19. The number of pyridine rings is 1. The Hall–Kier alpha value is -2.89. The van der Waals surface area contributed by atoms with Crippen LogP contribution in [0.15, 0.2) is 42.5 Å². The number of hydrogen-bond acceptors (Lipinski definition) is 3. The number of benzene rings is 1. The fourth-order valence-electron chi connectivity index (χ4n) is 1.68. The van der Waals surface area contributed by atoms with E-state index in [-0.39, 0.29) is 5.91 Å². The van der Waals surface area contributed by atoms with Crippen molar-refractivity contribution in [3.05, 3.63) is 53.9 Å². The maximum atomic E-state index is 12.0. The number of hydrogen-bond donors (Lipinski definition) is 3. The molecule has 2 aromatic rings. The second kappa shape index (κ2) is 5.83. The summed E-state index contributed by atoms with van der Waals surface area (Å²) < 4.78 is 0. The minimum Gasteiger partial charge on any atom is -0.351 e. The molecule has 0 aliphatic heterocycles. The molecule has 6 heteroatoms. The molecule has 1 heterocycles. The lowest BCUT2D eigenvalue weighted by molar-refractivity contribution is 0.102. The van der Waals surface area contributed by atoms with Crippen LogP contribution < -0.4 is 16.4 Å². The number of nitrogens with two attached hydrogens (primary N) is 1. The first-order valence-corrected chi connectivity index (χ1v) is 5.96. The van der Waals surface area contributed by atoms with Gasteiger partial charge in [-0.1, -0.05) is 12.1 Å². The van der Waals surface area contributed by atoms with Crippen LogP contribution >= 0.6 is 0 Å². The van der Waals surface area contributed by atoms with Crippen molar-refractivity contribution in [3.63, 3.8) is 0 Å². The zero-order valence-electron chi connectivity index (χ0n) is 10.9. The molecule has 6 nitrogen and oxygen atoms in total. The summed E-state index contributed by atoms with van der Waals surface area (Å²) in [5, 5.41) is 5.14. The number of urea groups is 1. The van der Waals surface area contributed by atoms with Crippen molar-refractivity contribution in [1.82, 2.24) is 4.98 Å². The summed E-state index contributed by atoms with van der Waals surface area (Å²) in [6, 6.07) is 11.2. The number of rotatable bonds is 3. The van der Waals surface area contributed by atoms with Gasteiger partial charge < -0.3 is 16.4 Å². The fourth-order valence-corrected chi connectivity index (χ4v) is 1.68. The molecule has 0 atom stereocenters. The smallest absolute Gasteiger partial charge is 0.316 e. The number of aryl methyl sites for hydroxylation is 1. The van der Waals surface area contributed by atoms with Gasteiger partial charge in [-0.3, -0.25) is 4.79 Å². The minimum atomic E-state index is -0.658. The summed E-state index contributed by atoms with van der Waals surface area (Å²) in [7, 11) is 0. The first-order chi connectivity index (χ1) is 9.54. The van der Waals surface area contributed by atoms with E-state index in [1.54, 1.807) is 36.4 Å². The summed E-state index contributed by atoms with van der Waals surface area (Å²) in [4.78, 5) is 26.9. The first-order valence-electron chi connectivity index (χ1n) is 5.96.